The monoisotopic (exact) mass is 126 g/mol. The van der Waals surface area contributed by atoms with Gasteiger partial charge in [0.1, 0.15) is 8.23 Å². The van der Waals surface area contributed by atoms with Crippen molar-refractivity contribution in [2.45, 2.75) is 0 Å². The van der Waals surface area contributed by atoms with Crippen LogP contribution in [0.25, 0.3) is 0 Å². The Labute approximate surface area is 36.2 Å². The molecule has 0 radical (unpaired) electrons. The van der Waals surface area contributed by atoms with Gasteiger partial charge in [0.15, 0.2) is 0 Å². The molecule has 0 amide bonds. The van der Waals surface area contributed by atoms with Crippen LogP contribution in [0.15, 0.2) is 0 Å². The summed E-state index contributed by atoms with van der Waals surface area (Å²) >= 11 is 0. The van der Waals surface area contributed by atoms with Crippen molar-refractivity contribution in [1.82, 2.24) is 0 Å². The van der Waals surface area contributed by atoms with E-state index in [2.05, 4.69) is 0 Å². The lowest BCUT2D eigenvalue weighted by atomic mass is 11.9. The van der Waals surface area contributed by atoms with Gasteiger partial charge in [-0.25, -0.2) is 4.20 Å². The number of rotatable bonds is 0. The van der Waals surface area contributed by atoms with Gasteiger partial charge in [0.25, 0.3) is 0 Å². The minimum Gasteiger partial charge on any atom is -0.217 e. The molecule has 0 nitrogen and oxygen atoms in total. The second kappa shape index (κ2) is 1.44. The molecule has 1 aliphatic heterocycles. The predicted molar refractivity (Wildman–Crippen MR) is 28.2 cm³/mol. The molecule has 4 heteroatoms. The van der Waals surface area contributed by atoms with E-state index in [1.54, 1.807) is 0 Å². The van der Waals surface area contributed by atoms with Crippen LogP contribution in [-0.2, 0) is 0 Å². The summed E-state index contributed by atoms with van der Waals surface area (Å²) in [6.45, 7) is 0. The first-order chi connectivity index (χ1) is 2.79. The zero-order valence-corrected chi connectivity index (χ0v) is 4.59. The van der Waals surface area contributed by atoms with Gasteiger partial charge in [-0.1, -0.05) is 0 Å². The highest BCUT2D eigenvalue weighted by Gasteiger charge is 2.05. The fourth-order valence-electron chi connectivity index (χ4n) is 0.200. The van der Waals surface area contributed by atoms with Crippen LogP contribution in [0.3, 0.4) is 0 Å². The molecule has 0 aliphatic carbocycles. The molecule has 34 valence electrons. The van der Waals surface area contributed by atoms with Crippen LogP contribution in [-0.4, -0.2) is 11.1 Å². The quantitative estimate of drug-likeness (QED) is 0.436. The van der Waals surface area contributed by atoms with E-state index < -0.39 is 15.7 Å². The van der Waals surface area contributed by atoms with Crippen molar-refractivity contribution in [3.8, 4) is 0 Å². The van der Waals surface area contributed by atoms with Gasteiger partial charge in [-0.2, -0.15) is 4.20 Å². The van der Waals surface area contributed by atoms with Crippen molar-refractivity contribution in [3.05, 3.63) is 0 Å². The summed E-state index contributed by atoms with van der Waals surface area (Å²) in [5.74, 6) is 0. The Kier molecular flexibility index (Phi) is 1.08. The van der Waals surface area contributed by atoms with Crippen molar-refractivity contribution in [2.24, 2.45) is 0 Å². The van der Waals surface area contributed by atoms with E-state index in [1.165, 1.54) is 0 Å². The summed E-state index contributed by atoms with van der Waals surface area (Å²) in [7, 11) is -3.11. The molecular weight excluding hydrogens is 124 g/mol. The SMILES string of the molecule is FP1C=P(F)=C1. The minimum absolute atomic E-state index is 1.13. The minimum atomic E-state index is -1.55. The second-order valence-electron chi connectivity index (χ2n) is 0.919. The molecule has 1 rings (SSSR count). The van der Waals surface area contributed by atoms with E-state index in [0.717, 1.165) is 11.1 Å². The molecule has 0 N–H and O–H groups in total. The van der Waals surface area contributed by atoms with Gasteiger partial charge in [-0.15, -0.1) is 0 Å². The van der Waals surface area contributed by atoms with Gasteiger partial charge in [0.2, 0.25) is 0 Å². The smallest absolute Gasteiger partial charge is 0.142 e. The molecule has 6 heavy (non-hydrogen) atoms. The molecule has 0 spiro atoms. The zero-order valence-electron chi connectivity index (χ0n) is 2.81. The Morgan fingerprint density at radius 3 is 1.67 bits per heavy atom. The van der Waals surface area contributed by atoms with Crippen LogP contribution in [0.4, 0.5) is 8.39 Å². The summed E-state index contributed by atoms with van der Waals surface area (Å²) in [5, 5.41) is 0. The standard InChI is InChI=1S/C2H2F2P2/c3-5-1-6(4)2-5/h1-2H. The molecule has 0 unspecified atom stereocenters. The van der Waals surface area contributed by atoms with Crippen LogP contribution < -0.4 is 0 Å². The van der Waals surface area contributed by atoms with E-state index in [9.17, 15) is 8.39 Å². The number of halogens is 2. The maximum Gasteiger partial charge on any atom is 0.142 e. The summed E-state index contributed by atoms with van der Waals surface area (Å²) < 4.78 is 23.0. The third-order valence-corrected chi connectivity index (χ3v) is 3.97. The molecule has 1 heterocycles. The first-order valence-electron chi connectivity index (χ1n) is 1.37. The third kappa shape index (κ3) is 0.692. The average molecular weight is 126 g/mol. The largest absolute Gasteiger partial charge is 0.217 e. The van der Waals surface area contributed by atoms with E-state index in [0.29, 0.717) is 0 Å². The van der Waals surface area contributed by atoms with E-state index in [4.69, 9.17) is 0 Å². The maximum atomic E-state index is 11.5. The molecule has 0 saturated carbocycles. The van der Waals surface area contributed by atoms with Gasteiger partial charge in [0.05, 0.1) is 7.48 Å². The topological polar surface area (TPSA) is 0 Å². The Balaban J connectivity index is 2.66. The predicted octanol–water partition coefficient (Wildman–Crippen LogP) is 2.25. The Morgan fingerprint density at radius 1 is 1.17 bits per heavy atom. The zero-order chi connectivity index (χ0) is 4.57. The molecule has 0 atom stereocenters. The number of hydrogen-bond acceptors (Lipinski definition) is 0. The fraction of sp³-hybridized carbons (Fsp3) is 0. The molecule has 0 bridgehead atoms. The molecule has 0 aromatic rings. The Hall–Kier alpha value is 0.330. The lowest BCUT2D eigenvalue weighted by Gasteiger charge is -1.96. The summed E-state index contributed by atoms with van der Waals surface area (Å²) in [5.41, 5.74) is 2.26. The van der Waals surface area contributed by atoms with Crippen molar-refractivity contribution in [2.75, 3.05) is 0 Å². The van der Waals surface area contributed by atoms with Gasteiger partial charge >= 0.3 is 0 Å². The second-order valence-corrected chi connectivity index (χ2v) is 4.14. The van der Waals surface area contributed by atoms with Crippen LogP contribution >= 0.6 is 15.7 Å². The molecule has 0 fully saturated rings. The van der Waals surface area contributed by atoms with E-state index in [-0.39, 0.29) is 0 Å². The first-order valence-corrected chi connectivity index (χ1v) is 4.11. The fourth-order valence-corrected chi connectivity index (χ4v) is 1.80. The van der Waals surface area contributed by atoms with Crippen molar-refractivity contribution < 1.29 is 8.39 Å². The van der Waals surface area contributed by atoms with Crippen LogP contribution in [0, 0.1) is 0 Å². The summed E-state index contributed by atoms with van der Waals surface area (Å²) in [4.78, 5) is 0. The molecule has 0 aromatic carbocycles. The van der Waals surface area contributed by atoms with Crippen molar-refractivity contribution >= 4 is 26.8 Å². The van der Waals surface area contributed by atoms with Gasteiger partial charge < -0.3 is 0 Å². The van der Waals surface area contributed by atoms with Crippen LogP contribution in [0.1, 0.15) is 0 Å². The molecular formula is C2H2F2P2. The average Bonchev–Trinajstić information content (AvgIpc) is 1.33. The van der Waals surface area contributed by atoms with Crippen molar-refractivity contribution in [3.63, 3.8) is 0 Å². The normalized spacial score (nSPS) is 36.3. The lowest BCUT2D eigenvalue weighted by molar-refractivity contribution is 0.919. The summed E-state index contributed by atoms with van der Waals surface area (Å²) in [6, 6.07) is 0. The lowest BCUT2D eigenvalue weighted by Crippen LogP contribution is -1.71. The number of hydrogen-bond donors (Lipinski definition) is 0. The van der Waals surface area contributed by atoms with E-state index >= 15 is 0 Å². The molecule has 0 aromatic heterocycles. The first kappa shape index (κ1) is 4.49. The van der Waals surface area contributed by atoms with Gasteiger partial charge in [0, 0.05) is 11.1 Å². The Morgan fingerprint density at radius 2 is 1.67 bits per heavy atom. The molecule has 0 saturated heterocycles. The van der Waals surface area contributed by atoms with Gasteiger partial charge in [-0.3, -0.25) is 0 Å². The molecule has 1 aliphatic rings. The highest BCUT2D eigenvalue weighted by Crippen LogP contribution is 2.45. The van der Waals surface area contributed by atoms with E-state index in [1.807, 2.05) is 0 Å². The van der Waals surface area contributed by atoms with Gasteiger partial charge in [-0.05, 0) is 0 Å². The highest BCUT2D eigenvalue weighted by molar-refractivity contribution is 8.05. The highest BCUT2D eigenvalue weighted by atomic mass is 31.2. The van der Waals surface area contributed by atoms with Crippen molar-refractivity contribution in [1.29, 1.82) is 0 Å². The van der Waals surface area contributed by atoms with Crippen LogP contribution in [0.5, 0.6) is 0 Å². The van der Waals surface area contributed by atoms with Crippen LogP contribution in [0.2, 0.25) is 0 Å². The summed E-state index contributed by atoms with van der Waals surface area (Å²) in [6.07, 6.45) is 0. The third-order valence-electron chi connectivity index (χ3n) is 0.441. The Bertz CT molecular complexity index is 120. The maximum absolute atomic E-state index is 11.5.